The maximum Gasteiger partial charge on any atom is 0.472 e. The zero-order chi connectivity index (χ0) is 73.9. The van der Waals surface area contributed by atoms with E-state index < -0.39 is 156 Å². The lowest BCUT2D eigenvalue weighted by atomic mass is 9.84. The Morgan fingerprint density at radius 2 is 0.772 bits per heavy atom. The summed E-state index contributed by atoms with van der Waals surface area (Å²) in [6.45, 7) is 3.34. The van der Waals surface area contributed by atoms with Gasteiger partial charge in [0.25, 0.3) is 0 Å². The molecule has 3 fully saturated rings. The molecule has 2 saturated heterocycles. The summed E-state index contributed by atoms with van der Waals surface area (Å²) >= 11 is 0. The molecule has 590 valence electrons. The topological polar surface area (TPSA) is 374 Å². The number of carbonyl (C=O) groups excluding carboxylic acids is 3. The highest BCUT2D eigenvalue weighted by Crippen LogP contribution is 2.49. The fourth-order valence-corrected chi connectivity index (χ4v) is 13.8. The number of esters is 3. The Kier molecular flexibility index (Phi) is 52.5. The van der Waals surface area contributed by atoms with Crippen LogP contribution in [-0.2, 0) is 61.2 Å². The highest BCUT2D eigenvalue weighted by molar-refractivity contribution is 7.47. The highest BCUT2D eigenvalue weighted by atomic mass is 31.2. The molecule has 0 aromatic heterocycles. The average Bonchev–Trinajstić information content (AvgIpc) is 0.766. The van der Waals surface area contributed by atoms with Crippen LogP contribution in [0.15, 0.2) is 36.5 Å². The van der Waals surface area contributed by atoms with Gasteiger partial charge in [0.1, 0.15) is 98.7 Å². The summed E-state index contributed by atoms with van der Waals surface area (Å²) in [5.74, 6) is -2.25. The van der Waals surface area contributed by atoms with Gasteiger partial charge >= 0.3 is 25.7 Å². The predicted octanol–water partition coefficient (Wildman–Crippen LogP) is 11.5. The van der Waals surface area contributed by atoms with Crippen LogP contribution in [0.4, 0.5) is 0 Å². The molecule has 101 heavy (non-hydrogen) atoms. The van der Waals surface area contributed by atoms with E-state index >= 15 is 0 Å². The molecule has 3 aliphatic rings. The van der Waals surface area contributed by atoms with Crippen LogP contribution in [-0.4, -0.2) is 204 Å². The van der Waals surface area contributed by atoms with Crippen LogP contribution in [0, 0.1) is 0 Å². The van der Waals surface area contributed by atoms with Crippen molar-refractivity contribution in [1.82, 2.24) is 0 Å². The van der Waals surface area contributed by atoms with Gasteiger partial charge in [-0.15, -0.1) is 0 Å². The largest absolute Gasteiger partial charge is 0.472 e. The second kappa shape index (κ2) is 57.4. The second-order valence-corrected chi connectivity index (χ2v) is 29.5. The molecule has 11 N–H and O–H groups in total. The number of ether oxygens (including phenoxy) is 7. The van der Waals surface area contributed by atoms with Crippen molar-refractivity contribution >= 4 is 25.7 Å². The summed E-state index contributed by atoms with van der Waals surface area (Å²) in [7, 11) is -5.72. The first-order chi connectivity index (χ1) is 48.8. The van der Waals surface area contributed by atoms with Gasteiger partial charge in [0.05, 0.1) is 13.2 Å². The van der Waals surface area contributed by atoms with Gasteiger partial charge in [-0.25, -0.2) is 9.36 Å². The lowest BCUT2D eigenvalue weighted by Gasteiger charge is -2.49. The lowest BCUT2D eigenvalue weighted by molar-refractivity contribution is -0.360. The number of aliphatic hydroxyl groups excluding tert-OH is 10. The van der Waals surface area contributed by atoms with E-state index in [1.165, 1.54) is 167 Å². The van der Waals surface area contributed by atoms with Crippen molar-refractivity contribution in [3.8, 4) is 0 Å². The standard InChI is InChI=1S/C76H137O24P/c1-4-7-10-13-16-19-22-25-28-29-31-34-37-40-43-46-49-52-62(80)95-57(54-92-60(78)50-47-44-41-38-36-33-30-26-23-20-17-14-11-8-5-2)55-94-101(90,91)100-74-72(98-75-70(88)65(83)63(81)58(53-77)96-75)68(86)67(85)69(87)73(74)99-76-71(89)66(84)64(82)59(97-76)56-93-61(79)51-48-45-42-39-35-32-27-24-21-18-15-12-9-6-3/h32,35,41,44,47,50,57-59,63-77,81-89H,4-31,33-34,36-40,42-43,45-46,48-49,51-56H2,1-3H3,(H,90,91)/b35-32-,44-41+,50-47+. The van der Waals surface area contributed by atoms with Crippen molar-refractivity contribution < 1.29 is 117 Å². The van der Waals surface area contributed by atoms with Crippen LogP contribution < -0.4 is 0 Å². The van der Waals surface area contributed by atoms with Crippen molar-refractivity contribution in [2.45, 2.75) is 401 Å². The van der Waals surface area contributed by atoms with Crippen LogP contribution in [0.5, 0.6) is 0 Å². The molecular weight excluding hydrogens is 1330 g/mol. The van der Waals surface area contributed by atoms with Crippen LogP contribution >= 0.6 is 7.82 Å². The Balaban J connectivity index is 1.74. The molecule has 0 spiro atoms. The lowest BCUT2D eigenvalue weighted by Crippen LogP contribution is -2.69. The number of phosphoric ester groups is 1. The van der Waals surface area contributed by atoms with Crippen LogP contribution in [0.2, 0.25) is 0 Å². The number of allylic oxidation sites excluding steroid dienone is 5. The highest BCUT2D eigenvalue weighted by Gasteiger charge is 2.58. The Morgan fingerprint density at radius 1 is 0.406 bits per heavy atom. The second-order valence-electron chi connectivity index (χ2n) is 28.1. The minimum atomic E-state index is -5.72. The van der Waals surface area contributed by atoms with E-state index in [0.29, 0.717) is 12.8 Å². The first-order valence-electron chi connectivity index (χ1n) is 39.3. The van der Waals surface area contributed by atoms with Crippen LogP contribution in [0.1, 0.15) is 297 Å². The van der Waals surface area contributed by atoms with Crippen molar-refractivity contribution in [3.63, 3.8) is 0 Å². The smallest absolute Gasteiger partial charge is 0.463 e. The Bertz CT molecular complexity index is 2220. The summed E-state index contributed by atoms with van der Waals surface area (Å²) in [6, 6.07) is 0. The fourth-order valence-electron chi connectivity index (χ4n) is 12.8. The number of hydrogen-bond acceptors (Lipinski definition) is 23. The Labute approximate surface area is 604 Å². The van der Waals surface area contributed by atoms with E-state index in [1.807, 2.05) is 6.08 Å². The third kappa shape index (κ3) is 40.1. The SMILES string of the molecule is CCCCCCCCC/C=C\CCCCCC(=O)OCC1OC(OC2C(O)C(O)C(O)C(OC3OC(CO)C(O)C(O)C3O)C2OP(=O)(O)OCC(COC(=O)/C=C/C=C/CCCCCCCCCCCCC)OC(=O)CCCCCCCCCCCCCCCCCCC)C(O)C(O)C1O. The van der Waals surface area contributed by atoms with Crippen LogP contribution in [0.25, 0.3) is 0 Å². The molecule has 0 radical (unpaired) electrons. The zero-order valence-electron chi connectivity index (χ0n) is 61.7. The van der Waals surface area contributed by atoms with Gasteiger partial charge in [0.15, 0.2) is 18.7 Å². The summed E-state index contributed by atoms with van der Waals surface area (Å²) in [5, 5.41) is 110. The molecule has 2 heterocycles. The number of carbonyl (C=O) groups is 3. The van der Waals surface area contributed by atoms with E-state index in [9.17, 15) is 74.9 Å². The molecule has 0 amide bonds. The molecule has 0 aromatic carbocycles. The molecule has 25 heteroatoms. The van der Waals surface area contributed by atoms with Gasteiger partial charge in [-0.1, -0.05) is 263 Å². The summed E-state index contributed by atoms with van der Waals surface area (Å²) < 4.78 is 64.9. The molecule has 1 saturated carbocycles. The summed E-state index contributed by atoms with van der Waals surface area (Å²) in [5.41, 5.74) is 0. The monoisotopic (exact) mass is 1460 g/mol. The average molecular weight is 1470 g/mol. The third-order valence-electron chi connectivity index (χ3n) is 19.2. The van der Waals surface area contributed by atoms with E-state index in [2.05, 4.69) is 32.9 Å². The molecular formula is C76H137O24P. The van der Waals surface area contributed by atoms with E-state index in [4.69, 9.17) is 42.2 Å². The first kappa shape index (κ1) is 92.4. The van der Waals surface area contributed by atoms with Gasteiger partial charge in [-0.05, 0) is 51.4 Å². The molecule has 0 bridgehead atoms. The molecule has 18 unspecified atom stereocenters. The summed E-state index contributed by atoms with van der Waals surface area (Å²) in [4.78, 5) is 50.9. The number of unbranched alkanes of at least 4 members (excludes halogenated alkanes) is 37. The minimum absolute atomic E-state index is 0.00494. The van der Waals surface area contributed by atoms with Crippen molar-refractivity contribution in [2.24, 2.45) is 0 Å². The van der Waals surface area contributed by atoms with Gasteiger partial charge < -0.3 is 89.1 Å². The minimum Gasteiger partial charge on any atom is -0.463 e. The Hall–Kier alpha value is -2.82. The zero-order valence-corrected chi connectivity index (χ0v) is 62.6. The van der Waals surface area contributed by atoms with Crippen molar-refractivity contribution in [3.05, 3.63) is 36.5 Å². The van der Waals surface area contributed by atoms with Gasteiger partial charge in [0.2, 0.25) is 0 Å². The van der Waals surface area contributed by atoms with Gasteiger partial charge in [-0.2, -0.15) is 0 Å². The number of rotatable bonds is 61. The van der Waals surface area contributed by atoms with E-state index in [1.54, 1.807) is 6.08 Å². The molecule has 1 aliphatic carbocycles. The maximum atomic E-state index is 14.3. The summed E-state index contributed by atoms with van der Waals surface area (Å²) in [6.07, 6.45) is 21.2. The maximum absolute atomic E-state index is 14.3. The Morgan fingerprint density at radius 3 is 1.21 bits per heavy atom. The molecule has 18 atom stereocenters. The number of phosphoric acid groups is 1. The van der Waals surface area contributed by atoms with Gasteiger partial charge in [0, 0.05) is 18.9 Å². The first-order valence-corrected chi connectivity index (χ1v) is 40.8. The van der Waals surface area contributed by atoms with Crippen molar-refractivity contribution in [2.75, 3.05) is 26.4 Å². The third-order valence-corrected chi connectivity index (χ3v) is 20.2. The quantitative estimate of drug-likeness (QED) is 0.00512. The predicted molar refractivity (Wildman–Crippen MR) is 384 cm³/mol. The van der Waals surface area contributed by atoms with Crippen molar-refractivity contribution in [1.29, 1.82) is 0 Å². The van der Waals surface area contributed by atoms with E-state index in [0.717, 1.165) is 96.0 Å². The van der Waals surface area contributed by atoms with Gasteiger partial charge in [-0.3, -0.25) is 18.6 Å². The normalized spacial score (nSPS) is 27.3. The molecule has 0 aromatic rings. The molecule has 2 aliphatic heterocycles. The van der Waals surface area contributed by atoms with Crippen LogP contribution in [0.3, 0.4) is 0 Å². The van der Waals surface area contributed by atoms with E-state index in [-0.39, 0.29) is 12.8 Å². The molecule has 3 rings (SSSR count). The fraction of sp³-hybridized carbons (Fsp3) is 0.882. The molecule has 24 nitrogen and oxygen atoms in total. The number of hydrogen-bond donors (Lipinski definition) is 11. The number of aliphatic hydroxyl groups is 10.